The molecule has 1 saturated carbocycles. The zero-order valence-electron chi connectivity index (χ0n) is 12.0. The SMILES string of the molecule is CCCC1CNC(C2CC2)CN1Cc1cn(C)nn1. The molecule has 0 spiro atoms. The summed E-state index contributed by atoms with van der Waals surface area (Å²) in [5.41, 5.74) is 1.10. The van der Waals surface area contributed by atoms with E-state index >= 15 is 0 Å². The largest absolute Gasteiger partial charge is 0.311 e. The maximum absolute atomic E-state index is 4.24. The Morgan fingerprint density at radius 1 is 1.42 bits per heavy atom. The highest BCUT2D eigenvalue weighted by Crippen LogP contribution is 2.34. The number of aryl methyl sites for hydroxylation is 1. The molecular formula is C14H25N5. The Bertz CT molecular complexity index is 412. The topological polar surface area (TPSA) is 46.0 Å². The molecule has 1 aliphatic heterocycles. The number of piperazine rings is 1. The number of nitrogens with one attached hydrogen (secondary N) is 1. The van der Waals surface area contributed by atoms with E-state index in [0.717, 1.165) is 24.7 Å². The monoisotopic (exact) mass is 263 g/mol. The van der Waals surface area contributed by atoms with Gasteiger partial charge in [0.2, 0.25) is 0 Å². The van der Waals surface area contributed by atoms with Gasteiger partial charge in [-0.05, 0) is 25.2 Å². The fraction of sp³-hybridized carbons (Fsp3) is 0.857. The molecule has 0 bridgehead atoms. The lowest BCUT2D eigenvalue weighted by atomic mass is 10.0. The van der Waals surface area contributed by atoms with Gasteiger partial charge >= 0.3 is 0 Å². The van der Waals surface area contributed by atoms with Gasteiger partial charge in [0.25, 0.3) is 0 Å². The molecular weight excluding hydrogens is 238 g/mol. The van der Waals surface area contributed by atoms with Crippen LogP contribution in [0.2, 0.25) is 0 Å². The second kappa shape index (κ2) is 5.59. The Labute approximate surface area is 115 Å². The van der Waals surface area contributed by atoms with Crippen LogP contribution in [0, 0.1) is 5.92 Å². The van der Waals surface area contributed by atoms with Gasteiger partial charge in [0, 0.05) is 45.0 Å². The van der Waals surface area contributed by atoms with Gasteiger partial charge in [0.1, 0.15) is 0 Å². The lowest BCUT2D eigenvalue weighted by Crippen LogP contribution is -2.56. The van der Waals surface area contributed by atoms with Gasteiger partial charge in [-0.25, -0.2) is 0 Å². The summed E-state index contributed by atoms with van der Waals surface area (Å²) < 4.78 is 1.80. The molecule has 5 nitrogen and oxygen atoms in total. The second-order valence-electron chi connectivity index (χ2n) is 6.11. The zero-order chi connectivity index (χ0) is 13.2. The molecule has 106 valence electrons. The first-order valence-corrected chi connectivity index (χ1v) is 7.59. The van der Waals surface area contributed by atoms with Crippen molar-refractivity contribution in [2.75, 3.05) is 13.1 Å². The molecule has 2 aliphatic rings. The van der Waals surface area contributed by atoms with Crippen LogP contribution < -0.4 is 5.32 Å². The van der Waals surface area contributed by atoms with Crippen molar-refractivity contribution in [3.63, 3.8) is 0 Å². The Hall–Kier alpha value is -0.940. The first kappa shape index (κ1) is 13.1. The summed E-state index contributed by atoms with van der Waals surface area (Å²) in [6, 6.07) is 1.35. The number of hydrogen-bond acceptors (Lipinski definition) is 4. The van der Waals surface area contributed by atoms with E-state index in [1.165, 1.54) is 32.2 Å². The van der Waals surface area contributed by atoms with Crippen LogP contribution in [0.15, 0.2) is 6.20 Å². The molecule has 5 heteroatoms. The van der Waals surface area contributed by atoms with Crippen molar-refractivity contribution >= 4 is 0 Å². The molecule has 3 rings (SSSR count). The van der Waals surface area contributed by atoms with Crippen LogP contribution in [0.1, 0.15) is 38.3 Å². The third-order valence-electron chi connectivity index (χ3n) is 4.39. The maximum atomic E-state index is 4.24. The van der Waals surface area contributed by atoms with E-state index in [2.05, 4.69) is 27.5 Å². The molecule has 19 heavy (non-hydrogen) atoms. The average molecular weight is 263 g/mol. The predicted molar refractivity (Wildman–Crippen MR) is 74.6 cm³/mol. The van der Waals surface area contributed by atoms with Crippen LogP contribution in [0.3, 0.4) is 0 Å². The summed E-state index contributed by atoms with van der Waals surface area (Å²) in [7, 11) is 1.94. The standard InChI is InChI=1S/C14H25N5/c1-3-4-13-7-15-14(11-5-6-11)10-19(13)9-12-8-18(2)17-16-12/h8,11,13-15H,3-7,9-10H2,1-2H3. The number of hydrogen-bond donors (Lipinski definition) is 1. The van der Waals surface area contributed by atoms with Crippen LogP contribution >= 0.6 is 0 Å². The van der Waals surface area contributed by atoms with E-state index in [-0.39, 0.29) is 0 Å². The molecule has 0 aromatic carbocycles. The summed E-state index contributed by atoms with van der Waals surface area (Å²) in [4.78, 5) is 2.62. The Morgan fingerprint density at radius 2 is 2.26 bits per heavy atom. The van der Waals surface area contributed by atoms with Gasteiger partial charge in [-0.15, -0.1) is 5.10 Å². The van der Waals surface area contributed by atoms with Crippen molar-refractivity contribution in [1.82, 2.24) is 25.2 Å². The van der Waals surface area contributed by atoms with Crippen LogP contribution in [-0.2, 0) is 13.6 Å². The summed E-state index contributed by atoms with van der Waals surface area (Å²) in [6.45, 7) is 5.53. The summed E-state index contributed by atoms with van der Waals surface area (Å²) in [5, 5.41) is 12.0. The first-order chi connectivity index (χ1) is 9.26. The maximum Gasteiger partial charge on any atom is 0.0967 e. The number of nitrogens with zero attached hydrogens (tertiary/aromatic N) is 4. The van der Waals surface area contributed by atoms with E-state index in [1.54, 1.807) is 4.68 Å². The number of aromatic nitrogens is 3. The van der Waals surface area contributed by atoms with Gasteiger partial charge in [-0.3, -0.25) is 9.58 Å². The Morgan fingerprint density at radius 3 is 2.89 bits per heavy atom. The van der Waals surface area contributed by atoms with E-state index < -0.39 is 0 Å². The van der Waals surface area contributed by atoms with Crippen molar-refractivity contribution in [1.29, 1.82) is 0 Å². The summed E-state index contributed by atoms with van der Waals surface area (Å²) in [5.74, 6) is 0.923. The molecule has 1 N–H and O–H groups in total. The summed E-state index contributed by atoms with van der Waals surface area (Å²) in [6.07, 6.45) is 7.38. The van der Waals surface area contributed by atoms with E-state index in [0.29, 0.717) is 12.1 Å². The molecule has 1 aromatic heterocycles. The van der Waals surface area contributed by atoms with Crippen LogP contribution in [0.25, 0.3) is 0 Å². The molecule has 0 radical (unpaired) electrons. The van der Waals surface area contributed by atoms with Crippen molar-refractivity contribution in [2.45, 2.75) is 51.2 Å². The normalized spacial score (nSPS) is 28.7. The van der Waals surface area contributed by atoms with Crippen LogP contribution in [0.4, 0.5) is 0 Å². The highest BCUT2D eigenvalue weighted by atomic mass is 15.4. The zero-order valence-corrected chi connectivity index (χ0v) is 12.0. The molecule has 2 fully saturated rings. The minimum absolute atomic E-state index is 0.655. The first-order valence-electron chi connectivity index (χ1n) is 7.59. The van der Waals surface area contributed by atoms with Crippen LogP contribution in [0.5, 0.6) is 0 Å². The average Bonchev–Trinajstić information content (AvgIpc) is 3.16. The quantitative estimate of drug-likeness (QED) is 0.866. The predicted octanol–water partition coefficient (Wildman–Crippen LogP) is 1.17. The summed E-state index contributed by atoms with van der Waals surface area (Å²) >= 11 is 0. The van der Waals surface area contributed by atoms with Crippen molar-refractivity contribution < 1.29 is 0 Å². The molecule has 2 unspecified atom stereocenters. The van der Waals surface area contributed by atoms with Gasteiger partial charge in [-0.2, -0.15) is 0 Å². The number of rotatable bonds is 5. The smallest absolute Gasteiger partial charge is 0.0967 e. The Balaban J connectivity index is 1.65. The van der Waals surface area contributed by atoms with Crippen molar-refractivity contribution in [2.24, 2.45) is 13.0 Å². The molecule has 1 aliphatic carbocycles. The highest BCUT2D eigenvalue weighted by Gasteiger charge is 2.36. The fourth-order valence-electron chi connectivity index (χ4n) is 3.18. The molecule has 2 atom stereocenters. The van der Waals surface area contributed by atoms with E-state index in [9.17, 15) is 0 Å². The highest BCUT2D eigenvalue weighted by molar-refractivity contribution is 4.98. The minimum atomic E-state index is 0.655. The fourth-order valence-corrected chi connectivity index (χ4v) is 3.18. The lowest BCUT2D eigenvalue weighted by molar-refractivity contribution is 0.106. The van der Waals surface area contributed by atoms with E-state index in [4.69, 9.17) is 0 Å². The third-order valence-corrected chi connectivity index (χ3v) is 4.39. The van der Waals surface area contributed by atoms with Crippen LogP contribution in [-0.4, -0.2) is 45.1 Å². The van der Waals surface area contributed by atoms with Gasteiger partial charge in [0.05, 0.1) is 5.69 Å². The van der Waals surface area contributed by atoms with E-state index in [1.807, 2.05) is 13.2 Å². The van der Waals surface area contributed by atoms with Gasteiger partial charge in [-0.1, -0.05) is 18.6 Å². The van der Waals surface area contributed by atoms with Crippen molar-refractivity contribution in [3.05, 3.63) is 11.9 Å². The minimum Gasteiger partial charge on any atom is -0.311 e. The van der Waals surface area contributed by atoms with Gasteiger partial charge < -0.3 is 5.32 Å². The molecule has 2 heterocycles. The second-order valence-corrected chi connectivity index (χ2v) is 6.11. The molecule has 1 aromatic rings. The molecule has 1 saturated heterocycles. The van der Waals surface area contributed by atoms with Gasteiger partial charge in [0.15, 0.2) is 0 Å². The lowest BCUT2D eigenvalue weighted by Gasteiger charge is -2.40. The van der Waals surface area contributed by atoms with Crippen molar-refractivity contribution in [3.8, 4) is 0 Å². The Kier molecular flexibility index (Phi) is 3.84. The molecule has 0 amide bonds. The third kappa shape index (κ3) is 3.15.